The third kappa shape index (κ3) is 3.68. The van der Waals surface area contributed by atoms with Gasteiger partial charge in [0.2, 0.25) is 0 Å². The number of pyridine rings is 1. The van der Waals surface area contributed by atoms with Crippen LogP contribution in [0.2, 0.25) is 0 Å². The molecule has 1 saturated heterocycles. The number of nitrogens with zero attached hydrogens (tertiary/aromatic N) is 2. The van der Waals surface area contributed by atoms with E-state index >= 15 is 0 Å². The zero-order chi connectivity index (χ0) is 18.1. The van der Waals surface area contributed by atoms with Crippen molar-refractivity contribution in [2.45, 2.75) is 32.6 Å². The Kier molecular flexibility index (Phi) is 4.81. The van der Waals surface area contributed by atoms with Crippen LogP contribution in [-0.4, -0.2) is 42.1 Å². The molecule has 1 aliphatic heterocycles. The molecule has 2 aliphatic rings. The number of ether oxygens (including phenoxy) is 1. The van der Waals surface area contributed by atoms with E-state index in [1.807, 2.05) is 43.1 Å². The van der Waals surface area contributed by atoms with Gasteiger partial charge in [-0.2, -0.15) is 0 Å². The van der Waals surface area contributed by atoms with E-state index in [0.29, 0.717) is 31.0 Å². The van der Waals surface area contributed by atoms with Gasteiger partial charge < -0.3 is 14.1 Å². The summed E-state index contributed by atoms with van der Waals surface area (Å²) in [6.07, 6.45) is 4.40. The maximum Gasteiger partial charge on any atom is 0.257 e. The molecule has 2 aromatic rings. The number of hydrogen-bond donors (Lipinski definition) is 0. The highest BCUT2D eigenvalue weighted by molar-refractivity contribution is 5.95. The van der Waals surface area contributed by atoms with Crippen molar-refractivity contribution in [2.24, 2.45) is 11.8 Å². The molecular formula is C21H26N2O3. The smallest absolute Gasteiger partial charge is 0.257 e. The molecule has 4 rings (SSSR count). The molecule has 2 fully saturated rings. The number of aromatic nitrogens is 1. The summed E-state index contributed by atoms with van der Waals surface area (Å²) in [4.78, 5) is 19.5. The fraction of sp³-hybridized carbons (Fsp3) is 0.524. The average Bonchev–Trinajstić information content (AvgIpc) is 3.26. The number of furan rings is 1. The highest BCUT2D eigenvalue weighted by Crippen LogP contribution is 2.34. The Balaban J connectivity index is 1.49. The molecule has 3 heterocycles. The molecular weight excluding hydrogens is 328 g/mol. The summed E-state index contributed by atoms with van der Waals surface area (Å²) in [6, 6.07) is 7.83. The molecule has 1 saturated carbocycles. The minimum atomic E-state index is 0.0463. The molecule has 0 N–H and O–H groups in total. The number of aryl methyl sites for hydroxylation is 2. The molecule has 1 aliphatic carbocycles. The Morgan fingerprint density at radius 2 is 2.12 bits per heavy atom. The predicted molar refractivity (Wildman–Crippen MR) is 98.1 cm³/mol. The second-order valence-electron chi connectivity index (χ2n) is 7.64. The largest absolute Gasteiger partial charge is 0.466 e. The van der Waals surface area contributed by atoms with Gasteiger partial charge >= 0.3 is 0 Å². The second kappa shape index (κ2) is 7.23. The predicted octanol–water partition coefficient (Wildman–Crippen LogP) is 3.57. The van der Waals surface area contributed by atoms with Gasteiger partial charge in [0.15, 0.2) is 0 Å². The third-order valence-electron chi connectivity index (χ3n) is 5.45. The van der Waals surface area contributed by atoms with Crippen molar-refractivity contribution < 1.29 is 13.9 Å². The Hall–Kier alpha value is -2.14. The van der Waals surface area contributed by atoms with Crippen LogP contribution >= 0.6 is 0 Å². The van der Waals surface area contributed by atoms with Crippen LogP contribution in [0.3, 0.4) is 0 Å². The second-order valence-corrected chi connectivity index (χ2v) is 7.64. The topological polar surface area (TPSA) is 55.6 Å². The lowest BCUT2D eigenvalue weighted by atomic mass is 9.93. The standard InChI is InChI=1S/C21H26N2O3/c1-14-9-18(15(2)26-14)21(24)23-10-17(13-25-12-16-6-7-16)19(11-23)20-5-3-4-8-22-20/h3-5,8-9,16-17,19H,6-7,10-13H2,1-2H3. The molecule has 5 heteroatoms. The van der Waals surface area contributed by atoms with Gasteiger partial charge in [-0.3, -0.25) is 9.78 Å². The van der Waals surface area contributed by atoms with Crippen LogP contribution in [0.25, 0.3) is 0 Å². The Labute approximate surface area is 154 Å². The minimum Gasteiger partial charge on any atom is -0.466 e. The summed E-state index contributed by atoms with van der Waals surface area (Å²) in [5.41, 5.74) is 1.71. The highest BCUT2D eigenvalue weighted by atomic mass is 16.5. The van der Waals surface area contributed by atoms with Crippen molar-refractivity contribution in [1.29, 1.82) is 0 Å². The SMILES string of the molecule is Cc1cc(C(=O)N2CC(COCC3CC3)C(c3ccccn3)C2)c(C)o1. The third-order valence-corrected chi connectivity index (χ3v) is 5.45. The van der Waals surface area contributed by atoms with Crippen LogP contribution in [0.5, 0.6) is 0 Å². The monoisotopic (exact) mass is 354 g/mol. The van der Waals surface area contributed by atoms with Gasteiger partial charge in [-0.25, -0.2) is 0 Å². The van der Waals surface area contributed by atoms with E-state index in [0.717, 1.165) is 24.0 Å². The summed E-state index contributed by atoms with van der Waals surface area (Å²) in [6.45, 7) is 6.64. The van der Waals surface area contributed by atoms with Crippen molar-refractivity contribution in [3.05, 3.63) is 53.2 Å². The summed E-state index contributed by atoms with van der Waals surface area (Å²) < 4.78 is 11.5. The van der Waals surface area contributed by atoms with Gasteiger partial charge in [0, 0.05) is 43.4 Å². The van der Waals surface area contributed by atoms with Gasteiger partial charge in [-0.05, 0) is 50.8 Å². The molecule has 2 unspecified atom stereocenters. The molecule has 0 spiro atoms. The lowest BCUT2D eigenvalue weighted by molar-refractivity contribution is 0.0738. The first-order valence-corrected chi connectivity index (χ1v) is 9.47. The van der Waals surface area contributed by atoms with E-state index in [2.05, 4.69) is 11.1 Å². The lowest BCUT2D eigenvalue weighted by Crippen LogP contribution is -2.29. The Morgan fingerprint density at radius 1 is 1.27 bits per heavy atom. The molecule has 0 aromatic carbocycles. The zero-order valence-corrected chi connectivity index (χ0v) is 15.5. The van der Waals surface area contributed by atoms with Gasteiger partial charge in [-0.1, -0.05) is 6.07 Å². The highest BCUT2D eigenvalue weighted by Gasteiger charge is 2.38. The van der Waals surface area contributed by atoms with Gasteiger partial charge in [0.1, 0.15) is 11.5 Å². The number of rotatable bonds is 6. The molecule has 5 nitrogen and oxygen atoms in total. The molecule has 2 atom stereocenters. The first kappa shape index (κ1) is 17.3. The Morgan fingerprint density at radius 3 is 2.77 bits per heavy atom. The van der Waals surface area contributed by atoms with Gasteiger partial charge in [0.25, 0.3) is 5.91 Å². The number of carbonyl (C=O) groups is 1. The lowest BCUT2D eigenvalue weighted by Gasteiger charge is -2.17. The fourth-order valence-electron chi connectivity index (χ4n) is 3.82. The first-order chi connectivity index (χ1) is 12.6. The van der Waals surface area contributed by atoms with E-state index in [4.69, 9.17) is 9.15 Å². The molecule has 0 bridgehead atoms. The van der Waals surface area contributed by atoms with E-state index < -0.39 is 0 Å². The van der Waals surface area contributed by atoms with E-state index in [-0.39, 0.29) is 17.7 Å². The molecule has 26 heavy (non-hydrogen) atoms. The van der Waals surface area contributed by atoms with Crippen molar-refractivity contribution in [3.8, 4) is 0 Å². The maximum absolute atomic E-state index is 13.0. The Bertz CT molecular complexity index is 767. The molecule has 1 amide bonds. The average molecular weight is 354 g/mol. The van der Waals surface area contributed by atoms with Crippen molar-refractivity contribution in [1.82, 2.24) is 9.88 Å². The zero-order valence-electron chi connectivity index (χ0n) is 15.5. The summed E-state index contributed by atoms with van der Waals surface area (Å²) in [5, 5.41) is 0. The van der Waals surface area contributed by atoms with Crippen molar-refractivity contribution in [2.75, 3.05) is 26.3 Å². The number of hydrogen-bond acceptors (Lipinski definition) is 4. The first-order valence-electron chi connectivity index (χ1n) is 9.47. The molecule has 0 radical (unpaired) electrons. The van der Waals surface area contributed by atoms with Crippen LogP contribution in [-0.2, 0) is 4.74 Å². The molecule has 2 aromatic heterocycles. The van der Waals surface area contributed by atoms with Crippen LogP contribution in [0.1, 0.15) is 46.3 Å². The van der Waals surface area contributed by atoms with Crippen molar-refractivity contribution >= 4 is 5.91 Å². The van der Waals surface area contributed by atoms with Crippen LogP contribution in [0, 0.1) is 25.7 Å². The van der Waals surface area contributed by atoms with Crippen molar-refractivity contribution in [3.63, 3.8) is 0 Å². The van der Waals surface area contributed by atoms with Crippen LogP contribution in [0.4, 0.5) is 0 Å². The number of amides is 1. The number of likely N-dealkylation sites (tertiary alicyclic amines) is 1. The summed E-state index contributed by atoms with van der Waals surface area (Å²) in [5.74, 6) is 2.75. The minimum absolute atomic E-state index is 0.0463. The number of carbonyl (C=O) groups excluding carboxylic acids is 1. The van der Waals surface area contributed by atoms with Gasteiger partial charge in [0.05, 0.1) is 12.2 Å². The van der Waals surface area contributed by atoms with Crippen LogP contribution < -0.4 is 0 Å². The van der Waals surface area contributed by atoms with Crippen LogP contribution in [0.15, 0.2) is 34.9 Å². The molecule has 138 valence electrons. The normalized spacial score (nSPS) is 22.8. The van der Waals surface area contributed by atoms with E-state index in [9.17, 15) is 4.79 Å². The fourth-order valence-corrected chi connectivity index (χ4v) is 3.82. The van der Waals surface area contributed by atoms with Gasteiger partial charge in [-0.15, -0.1) is 0 Å². The maximum atomic E-state index is 13.0. The van der Waals surface area contributed by atoms with E-state index in [1.165, 1.54) is 12.8 Å². The van der Waals surface area contributed by atoms with E-state index in [1.54, 1.807) is 0 Å². The summed E-state index contributed by atoms with van der Waals surface area (Å²) in [7, 11) is 0. The summed E-state index contributed by atoms with van der Waals surface area (Å²) >= 11 is 0. The quantitative estimate of drug-likeness (QED) is 0.796.